The number of aliphatic carboxylic acids is 4. The van der Waals surface area contributed by atoms with Crippen molar-refractivity contribution in [1.29, 1.82) is 0 Å². The van der Waals surface area contributed by atoms with Crippen LogP contribution in [-0.2, 0) is 19.2 Å². The second-order valence-corrected chi connectivity index (χ2v) is 3.81. The van der Waals surface area contributed by atoms with Gasteiger partial charge in [0, 0.05) is 0 Å². The van der Waals surface area contributed by atoms with Gasteiger partial charge in [0.2, 0.25) is 0 Å². The first-order chi connectivity index (χ1) is 7.73. The van der Waals surface area contributed by atoms with E-state index >= 15 is 0 Å². The quantitative estimate of drug-likeness (QED) is 0.351. The Labute approximate surface area is 214 Å². The third-order valence-electron chi connectivity index (χ3n) is 3.23. The summed E-state index contributed by atoms with van der Waals surface area (Å²) < 4.78 is 0. The number of carbonyl (C=O) groups excluding carboxylic acids is 4. The molecule has 1 rings (SSSR count). The summed E-state index contributed by atoms with van der Waals surface area (Å²) >= 11 is 0. The Hall–Kier alpha value is 1.84. The summed E-state index contributed by atoms with van der Waals surface area (Å²) in [6, 6.07) is 0. The average molecular weight is 352 g/mol. The average Bonchev–Trinajstić information content (AvgIpc) is 2.58. The van der Waals surface area contributed by atoms with Crippen LogP contribution in [0.3, 0.4) is 0 Å². The number of rotatable bonds is 4. The van der Waals surface area contributed by atoms with E-state index in [2.05, 4.69) is 0 Å². The van der Waals surface area contributed by atoms with Crippen LogP contribution in [0, 0.1) is 10.8 Å². The first kappa shape index (κ1) is 35.0. The molecule has 0 radical (unpaired) electrons. The summed E-state index contributed by atoms with van der Waals surface area (Å²) in [5, 5.41) is 43.5. The second-order valence-electron chi connectivity index (χ2n) is 3.81. The van der Waals surface area contributed by atoms with Gasteiger partial charge in [0.05, 0.1) is 34.7 Å². The van der Waals surface area contributed by atoms with Gasteiger partial charge >= 0.3 is 118 Å². The van der Waals surface area contributed by atoms with Gasteiger partial charge in [-0.1, -0.05) is 6.42 Å². The van der Waals surface area contributed by atoms with Crippen LogP contribution >= 0.6 is 0 Å². The van der Waals surface area contributed by atoms with Crippen LogP contribution in [0.15, 0.2) is 0 Å². The van der Waals surface area contributed by atoms with Gasteiger partial charge in [-0.15, -0.1) is 0 Å². The smallest absolute Gasteiger partial charge is 0.549 e. The van der Waals surface area contributed by atoms with Crippen molar-refractivity contribution >= 4 is 23.9 Å². The molecular weight excluding hydrogens is 344 g/mol. The molecule has 0 amide bonds. The Morgan fingerprint density at radius 1 is 0.591 bits per heavy atom. The zero-order valence-corrected chi connectivity index (χ0v) is 20.9. The monoisotopic (exact) mass is 352 g/mol. The van der Waals surface area contributed by atoms with Gasteiger partial charge in [0.1, 0.15) is 0 Å². The van der Waals surface area contributed by atoms with Gasteiger partial charge in [0.25, 0.3) is 0 Å². The molecule has 0 saturated heterocycles. The molecule has 0 aromatic carbocycles. The van der Waals surface area contributed by atoms with Crippen LogP contribution in [0.5, 0.6) is 0 Å². The number of carbonyl (C=O) groups is 4. The predicted molar refractivity (Wildman–Crippen MR) is 42.4 cm³/mol. The maximum Gasteiger partial charge on any atom is 1.00 e. The topological polar surface area (TPSA) is 192 Å². The summed E-state index contributed by atoms with van der Waals surface area (Å²) in [5.74, 6) is -9.32. The third-order valence-corrected chi connectivity index (χ3v) is 3.23. The summed E-state index contributed by atoms with van der Waals surface area (Å²) in [7, 11) is 0. The molecule has 1 aliphatic carbocycles. The molecular formula is C9H8Na4O9. The summed E-state index contributed by atoms with van der Waals surface area (Å²) in [6.45, 7) is 0. The van der Waals surface area contributed by atoms with Gasteiger partial charge in [-0.25, -0.2) is 0 Å². The minimum Gasteiger partial charge on any atom is -0.549 e. The summed E-state index contributed by atoms with van der Waals surface area (Å²) in [4.78, 5) is 43.5. The minimum atomic E-state index is -3.16. The standard InChI is InChI=1S/C9H10O8.4Na.H2O/c10-4(11)8(5(12)13)2-1-3-9(8,6(14)15)7(16)17;;;;;/h1-3H2,(H,10,11)(H,12,13)(H,14,15)(H,16,17);;;;;1H2/q;4*+1;/p-4. The van der Waals surface area contributed by atoms with Crippen molar-refractivity contribution in [2.75, 3.05) is 0 Å². The van der Waals surface area contributed by atoms with E-state index in [-0.39, 0.29) is 130 Å². The fraction of sp³-hybridized carbons (Fsp3) is 0.556. The molecule has 0 bridgehead atoms. The molecule has 22 heavy (non-hydrogen) atoms. The van der Waals surface area contributed by atoms with E-state index in [4.69, 9.17) is 0 Å². The van der Waals surface area contributed by atoms with Gasteiger partial charge in [-0.05, 0) is 12.8 Å². The first-order valence-electron chi connectivity index (χ1n) is 4.59. The van der Waals surface area contributed by atoms with Gasteiger partial charge in [0.15, 0.2) is 0 Å². The molecule has 0 aromatic rings. The molecule has 102 valence electrons. The molecule has 0 aromatic heterocycles. The van der Waals surface area contributed by atoms with Gasteiger partial charge in [-0.3, -0.25) is 0 Å². The molecule has 13 heteroatoms. The molecule has 2 N–H and O–H groups in total. The summed E-state index contributed by atoms with van der Waals surface area (Å²) in [6.07, 6.45) is -1.69. The maximum absolute atomic E-state index is 10.9. The van der Waals surface area contributed by atoms with Crippen LogP contribution in [-0.4, -0.2) is 29.4 Å². The molecule has 1 aliphatic rings. The molecule has 0 spiro atoms. The number of carboxylic acids is 4. The molecule has 0 atom stereocenters. The van der Waals surface area contributed by atoms with Crippen molar-refractivity contribution in [3.63, 3.8) is 0 Å². The predicted octanol–water partition coefficient (Wildman–Crippen LogP) is -18.7. The fourth-order valence-corrected chi connectivity index (χ4v) is 2.32. The van der Waals surface area contributed by atoms with E-state index in [0.717, 1.165) is 0 Å². The van der Waals surface area contributed by atoms with Crippen molar-refractivity contribution in [2.45, 2.75) is 19.3 Å². The van der Waals surface area contributed by atoms with Gasteiger partial charge < -0.3 is 45.1 Å². The van der Waals surface area contributed by atoms with E-state index in [1.54, 1.807) is 0 Å². The zero-order valence-electron chi connectivity index (χ0n) is 12.9. The zero-order chi connectivity index (χ0) is 13.4. The number of hydrogen-bond acceptors (Lipinski definition) is 8. The normalized spacial score (nSPS) is 16.0. The van der Waals surface area contributed by atoms with Crippen molar-refractivity contribution in [3.05, 3.63) is 0 Å². The molecule has 0 unspecified atom stereocenters. The second kappa shape index (κ2) is 13.1. The largest absolute Gasteiger partial charge is 1.00 e. The van der Waals surface area contributed by atoms with E-state index in [1.165, 1.54) is 0 Å². The van der Waals surface area contributed by atoms with Crippen LogP contribution in [0.4, 0.5) is 0 Å². The Morgan fingerprint density at radius 3 is 0.909 bits per heavy atom. The molecule has 0 aliphatic heterocycles. The molecule has 9 nitrogen and oxygen atoms in total. The van der Waals surface area contributed by atoms with E-state index < -0.39 is 47.5 Å². The number of hydrogen-bond donors (Lipinski definition) is 0. The Kier molecular flexibility index (Phi) is 20.9. The Morgan fingerprint density at radius 2 is 0.773 bits per heavy atom. The Bertz CT molecular complexity index is 359. The third kappa shape index (κ3) is 5.17. The van der Waals surface area contributed by atoms with Gasteiger partial charge in [-0.2, -0.15) is 0 Å². The van der Waals surface area contributed by atoms with E-state index in [0.29, 0.717) is 0 Å². The minimum absolute atomic E-state index is 0. The van der Waals surface area contributed by atoms with E-state index in [1.807, 2.05) is 0 Å². The van der Waals surface area contributed by atoms with Crippen LogP contribution in [0.2, 0.25) is 0 Å². The molecule has 1 saturated carbocycles. The fourth-order valence-electron chi connectivity index (χ4n) is 2.32. The summed E-state index contributed by atoms with van der Waals surface area (Å²) in [5.41, 5.74) is -6.32. The SMILES string of the molecule is O.O=C([O-])C1(C(=O)[O-])CCCC1(C(=O)[O-])C(=O)[O-].[Na+].[Na+].[Na+].[Na+]. The molecule has 0 heterocycles. The number of carboxylic acid groups (broad SMARTS) is 4. The first-order valence-corrected chi connectivity index (χ1v) is 4.59. The van der Waals surface area contributed by atoms with Crippen LogP contribution in [0.25, 0.3) is 0 Å². The molecule has 1 fully saturated rings. The van der Waals surface area contributed by atoms with Crippen molar-refractivity contribution < 1.29 is 163 Å². The van der Waals surface area contributed by atoms with Crippen LogP contribution < -0.4 is 139 Å². The van der Waals surface area contributed by atoms with E-state index in [9.17, 15) is 39.6 Å². The van der Waals surface area contributed by atoms with Crippen molar-refractivity contribution in [2.24, 2.45) is 10.8 Å². The maximum atomic E-state index is 10.9. The van der Waals surface area contributed by atoms with Crippen LogP contribution in [0.1, 0.15) is 19.3 Å². The Balaban J connectivity index is -0.000000193. The van der Waals surface area contributed by atoms with Crippen molar-refractivity contribution in [1.82, 2.24) is 0 Å². The van der Waals surface area contributed by atoms with Crippen molar-refractivity contribution in [3.8, 4) is 0 Å².